The lowest BCUT2D eigenvalue weighted by atomic mass is 10.1. The van der Waals surface area contributed by atoms with Crippen LogP contribution < -0.4 is 11.1 Å². The molecule has 1 unspecified atom stereocenters. The highest BCUT2D eigenvalue weighted by Gasteiger charge is 2.18. The largest absolute Gasteiger partial charge is 0.383 e. The Balaban J connectivity index is 2.20. The first kappa shape index (κ1) is 13.9. The predicted molar refractivity (Wildman–Crippen MR) is 75.5 cm³/mol. The van der Waals surface area contributed by atoms with Gasteiger partial charge in [0.1, 0.15) is 12.0 Å². The fourth-order valence-electron chi connectivity index (χ4n) is 1.63. The second-order valence-electron chi connectivity index (χ2n) is 4.14. The van der Waals surface area contributed by atoms with Gasteiger partial charge in [0, 0.05) is 6.07 Å². The smallest absolute Gasteiger partial charge is 0.288 e. The molecule has 0 aliphatic heterocycles. The molecule has 104 valence electrons. The van der Waals surface area contributed by atoms with Crippen molar-refractivity contribution in [3.05, 3.63) is 50.3 Å². The summed E-state index contributed by atoms with van der Waals surface area (Å²) in [6.07, 6.45) is 1.02. The van der Waals surface area contributed by atoms with Crippen LogP contribution in [-0.4, -0.2) is 15.8 Å². The molecule has 7 nitrogen and oxygen atoms in total. The van der Waals surface area contributed by atoms with Gasteiger partial charge in [-0.2, -0.15) is 11.3 Å². The second kappa shape index (κ2) is 5.66. The lowest BCUT2D eigenvalue weighted by Gasteiger charge is -2.13. The van der Waals surface area contributed by atoms with Gasteiger partial charge in [0.2, 0.25) is 0 Å². The summed E-state index contributed by atoms with van der Waals surface area (Å²) in [4.78, 5) is 25.8. The summed E-state index contributed by atoms with van der Waals surface area (Å²) < 4.78 is 0. The quantitative estimate of drug-likeness (QED) is 0.662. The van der Waals surface area contributed by atoms with Crippen molar-refractivity contribution in [2.24, 2.45) is 0 Å². The standard InChI is InChI=1S/C12H12N4O3S/c1-7(8-2-3-20-6-8)15-12(17)10-4-9(16(18)19)5-14-11(10)13/h2-7H,1H3,(H2,13,14)(H,15,17). The van der Waals surface area contributed by atoms with Gasteiger partial charge in [-0.05, 0) is 29.3 Å². The number of nitrogens with one attached hydrogen (secondary N) is 1. The first-order chi connectivity index (χ1) is 9.49. The van der Waals surface area contributed by atoms with Gasteiger partial charge in [-0.15, -0.1) is 0 Å². The van der Waals surface area contributed by atoms with Crippen LogP contribution in [-0.2, 0) is 0 Å². The molecule has 0 saturated heterocycles. The fraction of sp³-hybridized carbons (Fsp3) is 0.167. The van der Waals surface area contributed by atoms with E-state index in [0.717, 1.165) is 17.8 Å². The number of anilines is 1. The van der Waals surface area contributed by atoms with Gasteiger partial charge >= 0.3 is 0 Å². The summed E-state index contributed by atoms with van der Waals surface area (Å²) >= 11 is 1.52. The average Bonchev–Trinajstić information content (AvgIpc) is 2.92. The van der Waals surface area contributed by atoms with Crippen LogP contribution in [0.4, 0.5) is 11.5 Å². The topological polar surface area (TPSA) is 111 Å². The molecule has 0 fully saturated rings. The Morgan fingerprint density at radius 1 is 1.60 bits per heavy atom. The molecule has 2 rings (SSSR count). The van der Waals surface area contributed by atoms with E-state index in [1.807, 2.05) is 23.8 Å². The zero-order valence-electron chi connectivity index (χ0n) is 10.6. The van der Waals surface area contributed by atoms with Gasteiger partial charge in [0.15, 0.2) is 0 Å². The number of nitrogen functional groups attached to an aromatic ring is 1. The van der Waals surface area contributed by atoms with Crippen molar-refractivity contribution in [1.82, 2.24) is 10.3 Å². The number of nitrogens with zero attached hydrogens (tertiary/aromatic N) is 2. The van der Waals surface area contributed by atoms with E-state index in [1.54, 1.807) is 0 Å². The molecule has 3 N–H and O–H groups in total. The maximum Gasteiger partial charge on any atom is 0.288 e. The number of pyridine rings is 1. The van der Waals surface area contributed by atoms with Crippen molar-refractivity contribution < 1.29 is 9.72 Å². The molecule has 0 bridgehead atoms. The first-order valence-electron chi connectivity index (χ1n) is 5.72. The molecule has 0 aliphatic carbocycles. The number of nitro groups is 1. The molecule has 0 aliphatic rings. The Bertz CT molecular complexity index is 642. The Morgan fingerprint density at radius 3 is 2.95 bits per heavy atom. The van der Waals surface area contributed by atoms with Crippen molar-refractivity contribution in [2.75, 3.05) is 5.73 Å². The van der Waals surface area contributed by atoms with Crippen LogP contribution in [0.25, 0.3) is 0 Å². The zero-order valence-corrected chi connectivity index (χ0v) is 11.4. The van der Waals surface area contributed by atoms with E-state index in [1.165, 1.54) is 11.3 Å². The van der Waals surface area contributed by atoms with E-state index in [9.17, 15) is 14.9 Å². The molecule has 2 aromatic heterocycles. The average molecular weight is 292 g/mol. The van der Waals surface area contributed by atoms with Gasteiger partial charge < -0.3 is 11.1 Å². The molecule has 2 heterocycles. The van der Waals surface area contributed by atoms with Crippen LogP contribution in [0.5, 0.6) is 0 Å². The van der Waals surface area contributed by atoms with Gasteiger partial charge in [0.25, 0.3) is 11.6 Å². The maximum atomic E-state index is 12.1. The molecule has 2 aromatic rings. The van der Waals surface area contributed by atoms with Crippen LogP contribution in [0, 0.1) is 10.1 Å². The molecule has 8 heteroatoms. The number of carbonyl (C=O) groups excluding carboxylic acids is 1. The minimum absolute atomic E-state index is 0.00118. The normalized spacial score (nSPS) is 11.8. The van der Waals surface area contributed by atoms with E-state index in [4.69, 9.17) is 5.73 Å². The van der Waals surface area contributed by atoms with Gasteiger partial charge in [-0.1, -0.05) is 0 Å². The molecular formula is C12H12N4O3S. The Morgan fingerprint density at radius 2 is 2.35 bits per heavy atom. The van der Waals surface area contributed by atoms with Crippen LogP contribution in [0.2, 0.25) is 0 Å². The third kappa shape index (κ3) is 2.91. The monoisotopic (exact) mass is 292 g/mol. The van der Waals surface area contributed by atoms with Crippen molar-refractivity contribution >= 4 is 28.7 Å². The van der Waals surface area contributed by atoms with Gasteiger partial charge in [-0.3, -0.25) is 14.9 Å². The Labute approximate surface area is 118 Å². The number of hydrogen-bond acceptors (Lipinski definition) is 6. The van der Waals surface area contributed by atoms with E-state index in [2.05, 4.69) is 10.3 Å². The van der Waals surface area contributed by atoms with Crippen molar-refractivity contribution in [2.45, 2.75) is 13.0 Å². The lowest BCUT2D eigenvalue weighted by molar-refractivity contribution is -0.385. The lowest BCUT2D eigenvalue weighted by Crippen LogP contribution is -2.27. The van der Waals surface area contributed by atoms with Gasteiger partial charge in [0.05, 0.1) is 16.5 Å². The summed E-state index contributed by atoms with van der Waals surface area (Å²) in [6.45, 7) is 1.82. The second-order valence-corrected chi connectivity index (χ2v) is 4.92. The summed E-state index contributed by atoms with van der Waals surface area (Å²) in [7, 11) is 0. The summed E-state index contributed by atoms with van der Waals surface area (Å²) in [6, 6.07) is 2.80. The van der Waals surface area contributed by atoms with Crippen LogP contribution >= 0.6 is 11.3 Å². The number of nitrogens with two attached hydrogens (primary N) is 1. The molecule has 1 atom stereocenters. The highest BCUT2D eigenvalue weighted by atomic mass is 32.1. The number of thiophene rings is 1. The summed E-state index contributed by atoms with van der Waals surface area (Å²) in [5, 5.41) is 17.2. The highest BCUT2D eigenvalue weighted by molar-refractivity contribution is 7.07. The maximum absolute atomic E-state index is 12.1. The molecule has 20 heavy (non-hydrogen) atoms. The van der Waals surface area contributed by atoms with Gasteiger partial charge in [-0.25, -0.2) is 4.98 Å². The van der Waals surface area contributed by atoms with Crippen LogP contribution in [0.15, 0.2) is 29.1 Å². The number of rotatable bonds is 4. The molecular weight excluding hydrogens is 280 g/mol. The van der Waals surface area contributed by atoms with Crippen molar-refractivity contribution in [3.8, 4) is 0 Å². The van der Waals surface area contributed by atoms with E-state index in [-0.39, 0.29) is 23.1 Å². The van der Waals surface area contributed by atoms with E-state index < -0.39 is 10.8 Å². The fourth-order valence-corrected chi connectivity index (χ4v) is 2.38. The first-order valence-corrected chi connectivity index (χ1v) is 6.66. The summed E-state index contributed by atoms with van der Waals surface area (Å²) in [5.74, 6) is -0.525. The number of aromatic nitrogens is 1. The molecule has 0 aromatic carbocycles. The van der Waals surface area contributed by atoms with Crippen LogP contribution in [0.3, 0.4) is 0 Å². The number of hydrogen-bond donors (Lipinski definition) is 2. The zero-order chi connectivity index (χ0) is 14.7. The van der Waals surface area contributed by atoms with E-state index >= 15 is 0 Å². The Hall–Kier alpha value is -2.48. The SMILES string of the molecule is CC(NC(=O)c1cc([N+](=O)[O-])cnc1N)c1ccsc1. The molecule has 0 radical (unpaired) electrons. The summed E-state index contributed by atoms with van der Waals surface area (Å²) in [5.41, 5.74) is 6.28. The molecule has 1 amide bonds. The van der Waals surface area contributed by atoms with Crippen LogP contribution in [0.1, 0.15) is 28.9 Å². The predicted octanol–water partition coefficient (Wildman–Crippen LogP) is 2.12. The highest BCUT2D eigenvalue weighted by Crippen LogP contribution is 2.19. The Kier molecular flexibility index (Phi) is 3.94. The number of amides is 1. The van der Waals surface area contributed by atoms with E-state index in [0.29, 0.717) is 0 Å². The third-order valence-corrected chi connectivity index (χ3v) is 3.45. The van der Waals surface area contributed by atoms with Crippen molar-refractivity contribution in [1.29, 1.82) is 0 Å². The third-order valence-electron chi connectivity index (χ3n) is 2.75. The molecule has 0 spiro atoms. The minimum Gasteiger partial charge on any atom is -0.383 e. The molecule has 0 saturated carbocycles. The minimum atomic E-state index is -0.620. The van der Waals surface area contributed by atoms with Crippen molar-refractivity contribution in [3.63, 3.8) is 0 Å². The number of carbonyl (C=O) groups is 1.